The van der Waals surface area contributed by atoms with Gasteiger partial charge in [-0.15, -0.1) is 0 Å². The van der Waals surface area contributed by atoms with E-state index in [0.717, 1.165) is 15.6 Å². The number of amides is 2. The Labute approximate surface area is 192 Å². The van der Waals surface area contributed by atoms with Gasteiger partial charge >= 0.3 is 5.97 Å². The summed E-state index contributed by atoms with van der Waals surface area (Å²) in [7, 11) is 0. The molecule has 9 heteroatoms. The van der Waals surface area contributed by atoms with Gasteiger partial charge in [0.2, 0.25) is 5.91 Å². The summed E-state index contributed by atoms with van der Waals surface area (Å²) in [5.41, 5.74) is 2.77. The Balaban J connectivity index is 1.58. The average molecular weight is 514 g/mol. The first-order chi connectivity index (χ1) is 14.2. The zero-order valence-corrected chi connectivity index (χ0v) is 19.4. The molecule has 1 fully saturated rings. The van der Waals surface area contributed by atoms with Gasteiger partial charge in [-0.1, -0.05) is 29.3 Å². The van der Waals surface area contributed by atoms with Crippen molar-refractivity contribution in [2.45, 2.75) is 20.3 Å². The molecular weight excluding hydrogens is 495 g/mol. The highest BCUT2D eigenvalue weighted by molar-refractivity contribution is 9.10. The summed E-state index contributed by atoms with van der Waals surface area (Å²) in [6, 6.07) is 8.67. The van der Waals surface area contributed by atoms with Crippen molar-refractivity contribution in [1.82, 2.24) is 0 Å². The molecule has 0 unspecified atom stereocenters. The van der Waals surface area contributed by atoms with E-state index in [4.69, 9.17) is 27.9 Å². The van der Waals surface area contributed by atoms with E-state index in [1.807, 2.05) is 13.8 Å². The fourth-order valence-corrected chi connectivity index (χ4v) is 4.00. The van der Waals surface area contributed by atoms with Crippen LogP contribution in [0.25, 0.3) is 0 Å². The SMILES string of the molecule is Cc1cc(Br)c(Cl)cc1NC(=O)COC(=O)[C@@H]1CC(=O)N(c2cccc(Cl)c2C)C1. The van der Waals surface area contributed by atoms with Gasteiger partial charge in [0.25, 0.3) is 5.91 Å². The standard InChI is InChI=1S/C21H19BrCl2N2O4/c1-11-6-14(22)16(24)8-17(11)25-19(27)10-30-21(29)13-7-20(28)26(9-13)18-5-3-4-15(23)12(18)2/h3-6,8,13H,7,9-10H2,1-2H3,(H,25,27)/t13-/m1/s1. The number of anilines is 2. The minimum absolute atomic E-state index is 0.0217. The van der Waals surface area contributed by atoms with Crippen LogP contribution in [-0.2, 0) is 19.1 Å². The molecule has 3 rings (SSSR count). The Morgan fingerprint density at radius 1 is 1.23 bits per heavy atom. The maximum Gasteiger partial charge on any atom is 0.311 e. The minimum Gasteiger partial charge on any atom is -0.455 e. The quantitative estimate of drug-likeness (QED) is 0.576. The third-order valence-electron chi connectivity index (χ3n) is 4.88. The van der Waals surface area contributed by atoms with E-state index in [0.29, 0.717) is 21.4 Å². The lowest BCUT2D eigenvalue weighted by Crippen LogP contribution is -2.28. The highest BCUT2D eigenvalue weighted by atomic mass is 79.9. The molecule has 1 heterocycles. The van der Waals surface area contributed by atoms with E-state index < -0.39 is 24.4 Å². The molecule has 0 aromatic heterocycles. The second kappa shape index (κ2) is 9.37. The first-order valence-corrected chi connectivity index (χ1v) is 10.7. The van der Waals surface area contributed by atoms with Crippen LogP contribution >= 0.6 is 39.1 Å². The normalized spacial score (nSPS) is 16.0. The molecule has 0 spiro atoms. The van der Waals surface area contributed by atoms with Crippen LogP contribution in [0.15, 0.2) is 34.8 Å². The van der Waals surface area contributed by atoms with Gasteiger partial charge < -0.3 is 15.0 Å². The van der Waals surface area contributed by atoms with E-state index in [1.165, 1.54) is 4.90 Å². The van der Waals surface area contributed by atoms with Gasteiger partial charge in [0.05, 0.1) is 10.9 Å². The van der Waals surface area contributed by atoms with Crippen LogP contribution in [0.2, 0.25) is 10.0 Å². The van der Waals surface area contributed by atoms with Gasteiger partial charge in [-0.25, -0.2) is 0 Å². The maximum atomic E-state index is 12.4. The van der Waals surface area contributed by atoms with Crippen molar-refractivity contribution in [3.05, 3.63) is 56.0 Å². The number of nitrogens with one attached hydrogen (secondary N) is 1. The van der Waals surface area contributed by atoms with E-state index in [2.05, 4.69) is 21.2 Å². The molecule has 0 aliphatic carbocycles. The lowest BCUT2D eigenvalue weighted by molar-refractivity contribution is -0.151. The molecule has 1 N–H and O–H groups in total. The van der Waals surface area contributed by atoms with Crippen molar-refractivity contribution >= 4 is 68.3 Å². The molecule has 0 radical (unpaired) electrons. The first-order valence-electron chi connectivity index (χ1n) is 9.15. The third kappa shape index (κ3) is 4.96. The van der Waals surface area contributed by atoms with Gasteiger partial charge in [0.1, 0.15) is 0 Å². The molecule has 6 nitrogen and oxygen atoms in total. The second-order valence-corrected chi connectivity index (χ2v) is 8.70. The molecule has 0 saturated carbocycles. The predicted octanol–water partition coefficient (Wildman–Crippen LogP) is 4.91. The molecule has 30 heavy (non-hydrogen) atoms. The third-order valence-corrected chi connectivity index (χ3v) is 6.48. The van der Waals surface area contributed by atoms with E-state index in [1.54, 1.807) is 30.3 Å². The zero-order chi connectivity index (χ0) is 22.0. The number of carbonyl (C=O) groups is 3. The summed E-state index contributed by atoms with van der Waals surface area (Å²) in [5, 5.41) is 3.67. The number of hydrogen-bond acceptors (Lipinski definition) is 4. The van der Waals surface area contributed by atoms with Crippen LogP contribution in [0.1, 0.15) is 17.5 Å². The molecular formula is C21H19BrCl2N2O4. The van der Waals surface area contributed by atoms with E-state index in [-0.39, 0.29) is 18.9 Å². The minimum atomic E-state index is -0.646. The molecule has 1 aliphatic heterocycles. The van der Waals surface area contributed by atoms with E-state index >= 15 is 0 Å². The molecule has 1 aliphatic rings. The Bertz CT molecular complexity index is 1030. The van der Waals surface area contributed by atoms with Crippen LogP contribution < -0.4 is 10.2 Å². The number of halogens is 3. The predicted molar refractivity (Wildman–Crippen MR) is 120 cm³/mol. The molecule has 2 amide bonds. The summed E-state index contributed by atoms with van der Waals surface area (Å²) in [4.78, 5) is 38.5. The largest absolute Gasteiger partial charge is 0.455 e. The van der Waals surface area contributed by atoms with Gasteiger partial charge in [0, 0.05) is 33.8 Å². The van der Waals surface area contributed by atoms with Crippen LogP contribution in [0.3, 0.4) is 0 Å². The highest BCUT2D eigenvalue weighted by Crippen LogP contribution is 2.32. The molecule has 2 aromatic rings. The van der Waals surface area contributed by atoms with Gasteiger partial charge in [-0.05, 0) is 65.2 Å². The van der Waals surface area contributed by atoms with Crippen LogP contribution in [0.4, 0.5) is 11.4 Å². The number of hydrogen-bond donors (Lipinski definition) is 1. The molecule has 1 atom stereocenters. The van der Waals surface area contributed by atoms with Crippen molar-refractivity contribution < 1.29 is 19.1 Å². The van der Waals surface area contributed by atoms with Crippen molar-refractivity contribution in [3.8, 4) is 0 Å². The molecule has 158 valence electrons. The summed E-state index contributed by atoms with van der Waals surface area (Å²) in [6.45, 7) is 3.37. The summed E-state index contributed by atoms with van der Waals surface area (Å²) in [6.07, 6.45) is 0.0217. The molecule has 1 saturated heterocycles. The highest BCUT2D eigenvalue weighted by Gasteiger charge is 2.37. The smallest absolute Gasteiger partial charge is 0.311 e. The van der Waals surface area contributed by atoms with Crippen LogP contribution in [0.5, 0.6) is 0 Å². The maximum absolute atomic E-state index is 12.4. The van der Waals surface area contributed by atoms with Crippen molar-refractivity contribution in [2.24, 2.45) is 5.92 Å². The number of rotatable bonds is 5. The Morgan fingerprint density at radius 2 is 1.97 bits per heavy atom. The molecule has 0 bridgehead atoms. The fourth-order valence-electron chi connectivity index (χ4n) is 3.21. The summed E-state index contributed by atoms with van der Waals surface area (Å²) in [5.74, 6) is -1.91. The van der Waals surface area contributed by atoms with E-state index in [9.17, 15) is 14.4 Å². The van der Waals surface area contributed by atoms with Gasteiger partial charge in [0.15, 0.2) is 6.61 Å². The van der Waals surface area contributed by atoms with Crippen molar-refractivity contribution in [2.75, 3.05) is 23.4 Å². The Hall–Kier alpha value is -2.09. The van der Waals surface area contributed by atoms with Crippen molar-refractivity contribution in [3.63, 3.8) is 0 Å². The number of esters is 1. The second-order valence-electron chi connectivity index (χ2n) is 7.03. The molecule has 2 aromatic carbocycles. The first kappa shape index (κ1) is 22.6. The number of aryl methyl sites for hydroxylation is 1. The van der Waals surface area contributed by atoms with Gasteiger partial charge in [-0.2, -0.15) is 0 Å². The Morgan fingerprint density at radius 3 is 2.70 bits per heavy atom. The Kier molecular flexibility index (Phi) is 7.06. The van der Waals surface area contributed by atoms with Crippen LogP contribution in [-0.4, -0.2) is 30.9 Å². The summed E-state index contributed by atoms with van der Waals surface area (Å²) >= 11 is 15.5. The van der Waals surface area contributed by atoms with Crippen molar-refractivity contribution in [1.29, 1.82) is 0 Å². The zero-order valence-electron chi connectivity index (χ0n) is 16.3. The topological polar surface area (TPSA) is 75.7 Å². The lowest BCUT2D eigenvalue weighted by atomic mass is 10.1. The number of benzene rings is 2. The lowest BCUT2D eigenvalue weighted by Gasteiger charge is -2.19. The van der Waals surface area contributed by atoms with Gasteiger partial charge in [-0.3, -0.25) is 14.4 Å². The summed E-state index contributed by atoms with van der Waals surface area (Å²) < 4.78 is 5.86. The fraction of sp³-hybridized carbons (Fsp3) is 0.286. The average Bonchev–Trinajstić information content (AvgIpc) is 3.08. The van der Waals surface area contributed by atoms with Crippen LogP contribution in [0, 0.1) is 19.8 Å². The number of ether oxygens (including phenoxy) is 1. The number of nitrogens with zero attached hydrogens (tertiary/aromatic N) is 1. The monoisotopic (exact) mass is 512 g/mol. The number of carbonyl (C=O) groups excluding carboxylic acids is 3.